The maximum Gasteiger partial charge on any atom is 0.244 e. The molecule has 1 N–H and O–H groups in total. The number of halogens is 1. The average molecular weight is 524 g/mol. The third-order valence-electron chi connectivity index (χ3n) is 5.38. The SMILES string of the molecule is CC[C@@H](C(=O)NCC(C)C)N(Cc1ccc(OC)cc1)C(=O)CN(c1ccc(Cl)cc1)S(C)(=O)=O. The lowest BCUT2D eigenvalue weighted by Crippen LogP contribution is -2.52. The van der Waals surface area contributed by atoms with Crippen molar-refractivity contribution in [3.05, 3.63) is 59.1 Å². The summed E-state index contributed by atoms with van der Waals surface area (Å²) < 4.78 is 31.4. The monoisotopic (exact) mass is 523 g/mol. The van der Waals surface area contributed by atoms with Crippen molar-refractivity contribution in [3.63, 3.8) is 0 Å². The third kappa shape index (κ3) is 8.43. The fourth-order valence-corrected chi connectivity index (χ4v) is 4.47. The van der Waals surface area contributed by atoms with E-state index in [4.69, 9.17) is 16.3 Å². The van der Waals surface area contributed by atoms with Gasteiger partial charge in [0.1, 0.15) is 18.3 Å². The molecule has 0 heterocycles. The Bertz CT molecular complexity index is 1090. The van der Waals surface area contributed by atoms with E-state index in [1.807, 2.05) is 32.9 Å². The van der Waals surface area contributed by atoms with E-state index in [1.54, 1.807) is 31.4 Å². The first-order valence-corrected chi connectivity index (χ1v) is 13.6. The maximum atomic E-state index is 13.6. The Hall–Kier alpha value is -2.78. The summed E-state index contributed by atoms with van der Waals surface area (Å²) in [7, 11) is -2.23. The summed E-state index contributed by atoms with van der Waals surface area (Å²) in [6.45, 7) is 5.94. The molecule has 8 nitrogen and oxygen atoms in total. The summed E-state index contributed by atoms with van der Waals surface area (Å²) in [4.78, 5) is 28.1. The second-order valence-electron chi connectivity index (χ2n) is 8.68. The zero-order valence-corrected chi connectivity index (χ0v) is 22.4. The Balaban J connectivity index is 2.40. The maximum absolute atomic E-state index is 13.6. The molecule has 2 aromatic rings. The zero-order chi connectivity index (χ0) is 26.2. The summed E-state index contributed by atoms with van der Waals surface area (Å²) in [5.74, 6) is 0.139. The molecular formula is C25H34ClN3O5S. The quantitative estimate of drug-likeness (QED) is 0.457. The number of sulfonamides is 1. The van der Waals surface area contributed by atoms with Gasteiger partial charge < -0.3 is 15.0 Å². The number of amides is 2. The smallest absolute Gasteiger partial charge is 0.244 e. The van der Waals surface area contributed by atoms with Crippen LogP contribution in [0.4, 0.5) is 5.69 Å². The molecule has 0 aliphatic heterocycles. The summed E-state index contributed by atoms with van der Waals surface area (Å²) in [5.41, 5.74) is 1.10. The van der Waals surface area contributed by atoms with E-state index >= 15 is 0 Å². The molecule has 35 heavy (non-hydrogen) atoms. The predicted molar refractivity (Wildman–Crippen MR) is 139 cm³/mol. The molecule has 0 fully saturated rings. The lowest BCUT2D eigenvalue weighted by atomic mass is 10.1. The number of ether oxygens (including phenoxy) is 1. The molecule has 0 saturated heterocycles. The molecule has 2 amide bonds. The van der Waals surface area contributed by atoms with Crippen LogP contribution in [0.5, 0.6) is 5.75 Å². The minimum Gasteiger partial charge on any atom is -0.497 e. The highest BCUT2D eigenvalue weighted by molar-refractivity contribution is 7.92. The molecule has 0 aliphatic rings. The fourth-order valence-electron chi connectivity index (χ4n) is 3.49. The first-order valence-electron chi connectivity index (χ1n) is 11.4. The average Bonchev–Trinajstić information content (AvgIpc) is 2.81. The van der Waals surface area contributed by atoms with Gasteiger partial charge >= 0.3 is 0 Å². The molecule has 2 aromatic carbocycles. The number of anilines is 1. The molecule has 0 radical (unpaired) electrons. The van der Waals surface area contributed by atoms with Crippen LogP contribution < -0.4 is 14.4 Å². The van der Waals surface area contributed by atoms with Gasteiger partial charge in [0, 0.05) is 18.1 Å². The largest absolute Gasteiger partial charge is 0.497 e. The van der Waals surface area contributed by atoms with Crippen molar-refractivity contribution in [1.29, 1.82) is 0 Å². The van der Waals surface area contributed by atoms with Gasteiger partial charge in [0.05, 0.1) is 19.1 Å². The highest BCUT2D eigenvalue weighted by atomic mass is 35.5. The first kappa shape index (κ1) is 28.5. The van der Waals surface area contributed by atoms with E-state index in [2.05, 4.69) is 5.32 Å². The van der Waals surface area contributed by atoms with Gasteiger partial charge in [0.2, 0.25) is 21.8 Å². The van der Waals surface area contributed by atoms with Crippen molar-refractivity contribution in [1.82, 2.24) is 10.2 Å². The number of hydrogen-bond acceptors (Lipinski definition) is 5. The predicted octanol–water partition coefficient (Wildman–Crippen LogP) is 3.69. The highest BCUT2D eigenvalue weighted by Gasteiger charge is 2.31. The molecule has 0 aromatic heterocycles. The number of nitrogens with zero attached hydrogens (tertiary/aromatic N) is 2. The van der Waals surface area contributed by atoms with E-state index in [0.29, 0.717) is 29.4 Å². The second kappa shape index (κ2) is 12.8. The minimum absolute atomic E-state index is 0.134. The molecule has 0 aliphatic carbocycles. The summed E-state index contributed by atoms with van der Waals surface area (Å²) in [6, 6.07) is 12.6. The number of methoxy groups -OCH3 is 1. The van der Waals surface area contributed by atoms with Gasteiger partial charge in [-0.3, -0.25) is 13.9 Å². The topological polar surface area (TPSA) is 96.0 Å². The number of hydrogen-bond donors (Lipinski definition) is 1. The fraction of sp³-hybridized carbons (Fsp3) is 0.440. The van der Waals surface area contributed by atoms with Crippen LogP contribution in [-0.2, 0) is 26.2 Å². The minimum atomic E-state index is -3.79. The van der Waals surface area contributed by atoms with Crippen molar-refractivity contribution in [3.8, 4) is 5.75 Å². The van der Waals surface area contributed by atoms with Crippen molar-refractivity contribution >= 4 is 39.1 Å². The van der Waals surface area contributed by atoms with Gasteiger partial charge in [0.15, 0.2) is 0 Å². The number of carbonyl (C=O) groups is 2. The van der Waals surface area contributed by atoms with Gasteiger partial charge in [-0.1, -0.05) is 44.5 Å². The number of nitrogens with one attached hydrogen (secondary N) is 1. The molecule has 10 heteroatoms. The number of rotatable bonds is 12. The van der Waals surface area contributed by atoms with Gasteiger partial charge in [-0.2, -0.15) is 0 Å². The second-order valence-corrected chi connectivity index (χ2v) is 11.0. The summed E-state index contributed by atoms with van der Waals surface area (Å²) in [6.07, 6.45) is 1.40. The normalized spacial score (nSPS) is 12.2. The molecule has 0 saturated carbocycles. The Labute approximate surface area is 213 Å². The molecule has 0 spiro atoms. The van der Waals surface area contributed by atoms with E-state index in [0.717, 1.165) is 16.1 Å². The molecule has 2 rings (SSSR count). The van der Waals surface area contributed by atoms with Crippen molar-refractivity contribution in [2.45, 2.75) is 39.8 Å². The zero-order valence-electron chi connectivity index (χ0n) is 20.8. The van der Waals surface area contributed by atoms with E-state index in [1.165, 1.54) is 17.0 Å². The lowest BCUT2D eigenvalue weighted by Gasteiger charge is -2.33. The third-order valence-corrected chi connectivity index (χ3v) is 6.77. The van der Waals surface area contributed by atoms with Crippen LogP contribution in [0.1, 0.15) is 32.8 Å². The summed E-state index contributed by atoms with van der Waals surface area (Å²) in [5, 5.41) is 3.34. The van der Waals surface area contributed by atoms with E-state index < -0.39 is 28.5 Å². The van der Waals surface area contributed by atoms with Crippen LogP contribution in [0.25, 0.3) is 0 Å². The van der Waals surface area contributed by atoms with E-state index in [9.17, 15) is 18.0 Å². The van der Waals surface area contributed by atoms with Crippen LogP contribution in [0.3, 0.4) is 0 Å². The van der Waals surface area contributed by atoms with Crippen LogP contribution in [0, 0.1) is 5.92 Å². The highest BCUT2D eigenvalue weighted by Crippen LogP contribution is 2.22. The molecular weight excluding hydrogens is 490 g/mol. The Morgan fingerprint density at radius 2 is 1.66 bits per heavy atom. The number of carbonyl (C=O) groups excluding carboxylic acids is 2. The van der Waals surface area contributed by atoms with Crippen molar-refractivity contribution in [2.75, 3.05) is 30.8 Å². The van der Waals surface area contributed by atoms with Gasteiger partial charge in [-0.15, -0.1) is 0 Å². The first-order chi connectivity index (χ1) is 16.5. The van der Waals surface area contributed by atoms with Crippen LogP contribution in [0.15, 0.2) is 48.5 Å². The Morgan fingerprint density at radius 3 is 2.14 bits per heavy atom. The van der Waals surface area contributed by atoms with Crippen LogP contribution >= 0.6 is 11.6 Å². The lowest BCUT2D eigenvalue weighted by molar-refractivity contribution is -0.140. The summed E-state index contributed by atoms with van der Waals surface area (Å²) >= 11 is 5.95. The molecule has 0 unspecified atom stereocenters. The molecule has 0 bridgehead atoms. The Kier molecular flexibility index (Phi) is 10.4. The molecule has 192 valence electrons. The van der Waals surface area contributed by atoms with Crippen molar-refractivity contribution < 1.29 is 22.7 Å². The number of benzene rings is 2. The standard InChI is InChI=1S/C25H34ClN3O5S/c1-6-23(25(31)27-15-18(2)3)28(16-19-7-13-22(34-4)14-8-19)24(30)17-29(35(5,32)33)21-11-9-20(26)10-12-21/h7-14,18,23H,6,15-17H2,1-5H3,(H,27,31)/t23-/m0/s1. The van der Waals surface area contributed by atoms with Crippen LogP contribution in [-0.4, -0.2) is 57.6 Å². The van der Waals surface area contributed by atoms with Gasteiger partial charge in [-0.25, -0.2) is 8.42 Å². The van der Waals surface area contributed by atoms with Gasteiger partial charge in [-0.05, 0) is 54.3 Å². The van der Waals surface area contributed by atoms with Crippen LogP contribution in [0.2, 0.25) is 5.02 Å². The van der Waals surface area contributed by atoms with Crippen molar-refractivity contribution in [2.24, 2.45) is 5.92 Å². The Morgan fingerprint density at radius 1 is 1.06 bits per heavy atom. The molecule has 1 atom stereocenters. The van der Waals surface area contributed by atoms with Gasteiger partial charge in [0.25, 0.3) is 0 Å². The van der Waals surface area contributed by atoms with E-state index in [-0.39, 0.29) is 18.4 Å².